The van der Waals surface area contributed by atoms with Gasteiger partial charge in [-0.1, -0.05) is 46.3 Å². The maximum absolute atomic E-state index is 5.96. The molecule has 0 aromatic heterocycles. The van der Waals surface area contributed by atoms with Gasteiger partial charge in [-0.2, -0.15) is 0 Å². The van der Waals surface area contributed by atoms with Gasteiger partial charge in [-0.05, 0) is 51.0 Å². The number of nitrogen functional groups attached to an aromatic ring is 1. The molecule has 4 heteroatoms. The van der Waals surface area contributed by atoms with Gasteiger partial charge < -0.3 is 10.5 Å². The second-order valence-electron chi connectivity index (χ2n) is 4.38. The molecule has 0 aliphatic carbocycles. The standard InChI is InChI=1S/C16H11Br2NO/c17-11-6-8-14(13(19)9-11)20-15-7-5-10-3-1-2-4-12(10)16(15)18/h1-9H,19H2. The second-order valence-corrected chi connectivity index (χ2v) is 6.09. The first kappa shape index (κ1) is 13.5. The van der Waals surface area contributed by atoms with Crippen LogP contribution in [0.1, 0.15) is 0 Å². The lowest BCUT2D eigenvalue weighted by Crippen LogP contribution is -1.92. The predicted octanol–water partition coefficient (Wildman–Crippen LogP) is 5.74. The van der Waals surface area contributed by atoms with Crippen LogP contribution in [-0.2, 0) is 0 Å². The van der Waals surface area contributed by atoms with E-state index in [0.717, 1.165) is 25.5 Å². The van der Waals surface area contributed by atoms with Crippen molar-refractivity contribution in [1.29, 1.82) is 0 Å². The average Bonchev–Trinajstić information content (AvgIpc) is 2.45. The zero-order valence-corrected chi connectivity index (χ0v) is 13.6. The maximum atomic E-state index is 5.96. The quantitative estimate of drug-likeness (QED) is 0.564. The van der Waals surface area contributed by atoms with Crippen molar-refractivity contribution >= 4 is 48.3 Å². The van der Waals surface area contributed by atoms with Crippen molar-refractivity contribution < 1.29 is 4.74 Å². The number of hydrogen-bond donors (Lipinski definition) is 1. The second kappa shape index (κ2) is 5.46. The summed E-state index contributed by atoms with van der Waals surface area (Å²) in [6.07, 6.45) is 0. The Kier molecular flexibility index (Phi) is 3.68. The largest absolute Gasteiger partial charge is 0.454 e. The Morgan fingerprint density at radius 3 is 2.40 bits per heavy atom. The molecule has 0 heterocycles. The number of anilines is 1. The van der Waals surface area contributed by atoms with Crippen LogP contribution in [0.4, 0.5) is 5.69 Å². The Labute approximate surface area is 133 Å². The molecule has 0 amide bonds. The number of fused-ring (bicyclic) bond motifs is 1. The molecule has 2 nitrogen and oxygen atoms in total. The van der Waals surface area contributed by atoms with Gasteiger partial charge in [0.05, 0.1) is 10.2 Å². The topological polar surface area (TPSA) is 35.2 Å². The highest BCUT2D eigenvalue weighted by atomic mass is 79.9. The molecular formula is C16H11Br2NO. The summed E-state index contributed by atoms with van der Waals surface area (Å²) in [4.78, 5) is 0. The summed E-state index contributed by atoms with van der Waals surface area (Å²) in [5.41, 5.74) is 6.56. The highest BCUT2D eigenvalue weighted by Crippen LogP contribution is 2.37. The molecule has 2 N–H and O–H groups in total. The number of rotatable bonds is 2. The lowest BCUT2D eigenvalue weighted by molar-refractivity contribution is 0.483. The SMILES string of the molecule is Nc1cc(Br)ccc1Oc1ccc2ccccc2c1Br. The summed E-state index contributed by atoms with van der Waals surface area (Å²) in [6.45, 7) is 0. The van der Waals surface area contributed by atoms with E-state index >= 15 is 0 Å². The smallest absolute Gasteiger partial charge is 0.150 e. The molecule has 3 aromatic carbocycles. The molecule has 0 aliphatic rings. The van der Waals surface area contributed by atoms with E-state index in [9.17, 15) is 0 Å². The van der Waals surface area contributed by atoms with Gasteiger partial charge in [0, 0.05) is 4.47 Å². The van der Waals surface area contributed by atoms with Crippen molar-refractivity contribution in [2.45, 2.75) is 0 Å². The molecule has 0 bridgehead atoms. The molecule has 20 heavy (non-hydrogen) atoms. The average molecular weight is 393 g/mol. The molecule has 0 spiro atoms. The van der Waals surface area contributed by atoms with Crippen LogP contribution in [0.2, 0.25) is 0 Å². The van der Waals surface area contributed by atoms with Crippen LogP contribution in [0.3, 0.4) is 0 Å². The minimum Gasteiger partial charge on any atom is -0.454 e. The minimum absolute atomic E-state index is 0.597. The van der Waals surface area contributed by atoms with Crippen molar-refractivity contribution in [1.82, 2.24) is 0 Å². The van der Waals surface area contributed by atoms with E-state index in [0.29, 0.717) is 11.4 Å². The first-order chi connectivity index (χ1) is 9.65. The van der Waals surface area contributed by atoms with Crippen molar-refractivity contribution in [3.05, 3.63) is 63.5 Å². The third-order valence-corrected chi connectivity index (χ3v) is 4.33. The summed E-state index contributed by atoms with van der Waals surface area (Å²) in [5, 5.41) is 2.27. The predicted molar refractivity (Wildman–Crippen MR) is 90.3 cm³/mol. The summed E-state index contributed by atoms with van der Waals surface area (Å²) in [7, 11) is 0. The molecule has 0 fully saturated rings. The first-order valence-electron chi connectivity index (χ1n) is 6.05. The third-order valence-electron chi connectivity index (χ3n) is 3.02. The lowest BCUT2D eigenvalue weighted by Gasteiger charge is -2.12. The molecule has 0 unspecified atom stereocenters. The molecule has 3 rings (SSSR count). The minimum atomic E-state index is 0.597. The molecule has 100 valence electrons. The van der Waals surface area contributed by atoms with Crippen LogP contribution in [0.25, 0.3) is 10.8 Å². The van der Waals surface area contributed by atoms with Crippen LogP contribution in [0.5, 0.6) is 11.5 Å². The molecule has 0 radical (unpaired) electrons. The van der Waals surface area contributed by atoms with Gasteiger partial charge in [-0.3, -0.25) is 0 Å². The maximum Gasteiger partial charge on any atom is 0.150 e. The van der Waals surface area contributed by atoms with Crippen LogP contribution >= 0.6 is 31.9 Å². The van der Waals surface area contributed by atoms with E-state index in [1.54, 1.807) is 0 Å². The van der Waals surface area contributed by atoms with Gasteiger partial charge in [-0.25, -0.2) is 0 Å². The Balaban J connectivity index is 2.04. The van der Waals surface area contributed by atoms with Crippen molar-refractivity contribution in [2.24, 2.45) is 0 Å². The van der Waals surface area contributed by atoms with E-state index in [1.165, 1.54) is 0 Å². The summed E-state index contributed by atoms with van der Waals surface area (Å²) in [6, 6.07) is 17.7. The fourth-order valence-electron chi connectivity index (χ4n) is 2.02. The van der Waals surface area contributed by atoms with Crippen molar-refractivity contribution in [3.8, 4) is 11.5 Å². The Bertz CT molecular complexity index is 787. The highest BCUT2D eigenvalue weighted by molar-refractivity contribution is 9.11. The van der Waals surface area contributed by atoms with Crippen LogP contribution in [0, 0.1) is 0 Å². The number of ether oxygens (including phenoxy) is 1. The molecule has 0 saturated carbocycles. The number of halogens is 2. The normalized spacial score (nSPS) is 10.7. The fourth-order valence-corrected chi connectivity index (χ4v) is 2.98. The number of nitrogens with two attached hydrogens (primary N) is 1. The van der Waals surface area contributed by atoms with Gasteiger partial charge >= 0.3 is 0 Å². The number of hydrogen-bond acceptors (Lipinski definition) is 2. The molecule has 0 saturated heterocycles. The molecular weight excluding hydrogens is 382 g/mol. The van der Waals surface area contributed by atoms with E-state index in [1.807, 2.05) is 42.5 Å². The van der Waals surface area contributed by atoms with Crippen LogP contribution < -0.4 is 10.5 Å². The molecule has 0 aliphatic heterocycles. The van der Waals surface area contributed by atoms with Gasteiger partial charge in [-0.15, -0.1) is 0 Å². The number of benzene rings is 3. The third kappa shape index (κ3) is 2.53. The van der Waals surface area contributed by atoms with E-state index < -0.39 is 0 Å². The van der Waals surface area contributed by atoms with Crippen molar-refractivity contribution in [2.75, 3.05) is 5.73 Å². The van der Waals surface area contributed by atoms with E-state index in [4.69, 9.17) is 10.5 Å². The van der Waals surface area contributed by atoms with E-state index in [2.05, 4.69) is 44.0 Å². The Morgan fingerprint density at radius 1 is 0.850 bits per heavy atom. The highest BCUT2D eigenvalue weighted by Gasteiger charge is 2.09. The lowest BCUT2D eigenvalue weighted by atomic mass is 10.1. The Morgan fingerprint density at radius 2 is 1.60 bits per heavy atom. The van der Waals surface area contributed by atoms with Gasteiger partial charge in [0.2, 0.25) is 0 Å². The monoisotopic (exact) mass is 391 g/mol. The fraction of sp³-hybridized carbons (Fsp3) is 0. The molecule has 0 atom stereocenters. The summed E-state index contributed by atoms with van der Waals surface area (Å²) >= 11 is 6.99. The summed E-state index contributed by atoms with van der Waals surface area (Å²) in [5.74, 6) is 1.39. The van der Waals surface area contributed by atoms with Gasteiger partial charge in [0.1, 0.15) is 11.5 Å². The van der Waals surface area contributed by atoms with Gasteiger partial charge in [0.15, 0.2) is 0 Å². The summed E-state index contributed by atoms with van der Waals surface area (Å²) < 4.78 is 7.77. The zero-order chi connectivity index (χ0) is 14.1. The van der Waals surface area contributed by atoms with Crippen molar-refractivity contribution in [3.63, 3.8) is 0 Å². The Hall–Kier alpha value is -1.52. The first-order valence-corrected chi connectivity index (χ1v) is 7.64. The van der Waals surface area contributed by atoms with Gasteiger partial charge in [0.25, 0.3) is 0 Å². The van der Waals surface area contributed by atoms with Crippen LogP contribution in [0.15, 0.2) is 63.5 Å². The van der Waals surface area contributed by atoms with E-state index in [-0.39, 0.29) is 0 Å². The van der Waals surface area contributed by atoms with Crippen LogP contribution in [-0.4, -0.2) is 0 Å². The zero-order valence-electron chi connectivity index (χ0n) is 10.4. The molecule has 3 aromatic rings.